The second-order valence-electron chi connectivity index (χ2n) is 7.16. The molecule has 1 aromatic heterocycles. The summed E-state index contributed by atoms with van der Waals surface area (Å²) in [5, 5.41) is 10.8. The standard InChI is InChI=1S/C22H16N2O6S2/c1-30-13-6-8-14(9-7-13)32(28,29)19(16-10-12-4-2-3-5-15(12)23-16)18-20(25)24-17(22(26)27)11-31-21(18)24/h2-11,21,23H,1H3,(H,26,27)/t21-/m0/s1. The summed E-state index contributed by atoms with van der Waals surface area (Å²) < 4.78 is 32.6. The van der Waals surface area contributed by atoms with E-state index >= 15 is 0 Å². The molecule has 1 atom stereocenters. The molecule has 5 rings (SSSR count). The fourth-order valence-corrected chi connectivity index (χ4v) is 6.67. The number of β-lactam (4-membered cyclic amide) rings is 1. The van der Waals surface area contributed by atoms with E-state index in [1.165, 1.54) is 36.8 Å². The van der Waals surface area contributed by atoms with E-state index in [2.05, 4.69) is 4.98 Å². The van der Waals surface area contributed by atoms with Crippen LogP contribution in [0, 0.1) is 0 Å². The highest BCUT2D eigenvalue weighted by Crippen LogP contribution is 2.49. The monoisotopic (exact) mass is 468 g/mol. The Morgan fingerprint density at radius 3 is 2.53 bits per heavy atom. The summed E-state index contributed by atoms with van der Waals surface area (Å²) in [7, 11) is -2.66. The summed E-state index contributed by atoms with van der Waals surface area (Å²) in [6.45, 7) is 0. The Kier molecular flexibility index (Phi) is 4.64. The zero-order valence-electron chi connectivity index (χ0n) is 16.6. The van der Waals surface area contributed by atoms with Gasteiger partial charge in [-0.25, -0.2) is 13.2 Å². The number of hydrogen-bond donors (Lipinski definition) is 2. The molecule has 0 spiro atoms. The lowest BCUT2D eigenvalue weighted by Crippen LogP contribution is -2.52. The smallest absolute Gasteiger partial charge is 0.353 e. The van der Waals surface area contributed by atoms with Gasteiger partial charge in [0, 0.05) is 16.3 Å². The van der Waals surface area contributed by atoms with E-state index < -0.39 is 27.1 Å². The van der Waals surface area contributed by atoms with Crippen molar-refractivity contribution in [3.63, 3.8) is 0 Å². The summed E-state index contributed by atoms with van der Waals surface area (Å²) in [6.07, 6.45) is 0. The van der Waals surface area contributed by atoms with Gasteiger partial charge in [-0.2, -0.15) is 0 Å². The summed E-state index contributed by atoms with van der Waals surface area (Å²) in [5.74, 6) is -1.38. The molecule has 0 unspecified atom stereocenters. The van der Waals surface area contributed by atoms with E-state index in [1.54, 1.807) is 6.07 Å². The maximum Gasteiger partial charge on any atom is 0.353 e. The minimum atomic E-state index is -4.13. The number of benzene rings is 2. The van der Waals surface area contributed by atoms with E-state index in [-0.39, 0.29) is 26.8 Å². The second-order valence-corrected chi connectivity index (χ2v) is 10.0. The Labute approximate surface area is 187 Å². The third-order valence-corrected chi connectivity index (χ3v) is 8.31. The molecule has 2 aromatic carbocycles. The number of carbonyl (C=O) groups excluding carboxylic acids is 1. The van der Waals surface area contributed by atoms with Gasteiger partial charge in [0.15, 0.2) is 0 Å². The first-order valence-electron chi connectivity index (χ1n) is 9.47. The van der Waals surface area contributed by atoms with Gasteiger partial charge in [-0.05, 0) is 36.4 Å². The number of aliphatic carboxylic acids is 1. The van der Waals surface area contributed by atoms with Crippen LogP contribution in [0.1, 0.15) is 5.69 Å². The number of carboxylic acid groups (broad SMARTS) is 1. The molecule has 2 aliphatic rings. The van der Waals surface area contributed by atoms with Crippen LogP contribution < -0.4 is 4.74 Å². The molecule has 2 N–H and O–H groups in total. The van der Waals surface area contributed by atoms with Gasteiger partial charge < -0.3 is 14.8 Å². The Morgan fingerprint density at radius 1 is 1.16 bits per heavy atom. The number of ether oxygens (including phenoxy) is 1. The number of carbonyl (C=O) groups is 2. The number of aromatic nitrogens is 1. The van der Waals surface area contributed by atoms with Crippen molar-refractivity contribution < 1.29 is 27.9 Å². The van der Waals surface area contributed by atoms with Crippen LogP contribution in [0.15, 0.2) is 76.2 Å². The lowest BCUT2D eigenvalue weighted by atomic mass is 10.0. The predicted molar refractivity (Wildman–Crippen MR) is 119 cm³/mol. The maximum absolute atomic E-state index is 13.8. The summed E-state index contributed by atoms with van der Waals surface area (Å²) in [4.78, 5) is 28.5. The van der Waals surface area contributed by atoms with Crippen molar-refractivity contribution in [3.05, 3.63) is 77.0 Å². The van der Waals surface area contributed by atoms with Gasteiger partial charge in [-0.3, -0.25) is 9.69 Å². The number of thioether (sulfide) groups is 1. The number of fused-ring (bicyclic) bond motifs is 2. The first-order valence-corrected chi connectivity index (χ1v) is 11.9. The van der Waals surface area contributed by atoms with Crippen LogP contribution in [-0.4, -0.2) is 47.8 Å². The number of methoxy groups -OCH3 is 1. The first kappa shape index (κ1) is 20.4. The second kappa shape index (κ2) is 7.28. The Morgan fingerprint density at radius 2 is 1.88 bits per heavy atom. The fraction of sp³-hybridized carbons (Fsp3) is 0.0909. The van der Waals surface area contributed by atoms with Gasteiger partial charge in [0.2, 0.25) is 9.84 Å². The van der Waals surface area contributed by atoms with E-state index in [0.717, 1.165) is 27.6 Å². The quantitative estimate of drug-likeness (QED) is 0.436. The van der Waals surface area contributed by atoms with Crippen molar-refractivity contribution in [1.29, 1.82) is 0 Å². The van der Waals surface area contributed by atoms with Gasteiger partial charge in [0.05, 0.1) is 23.3 Å². The minimum Gasteiger partial charge on any atom is -0.497 e. The molecule has 32 heavy (non-hydrogen) atoms. The molecule has 1 amide bonds. The SMILES string of the molecule is COc1ccc(S(=O)(=O)C(=C2C(=O)N3C(C(=O)O)=CS[C@@H]23)c2cc3ccccc3[nH]2)cc1. The van der Waals surface area contributed by atoms with E-state index in [9.17, 15) is 23.1 Å². The molecule has 162 valence electrons. The van der Waals surface area contributed by atoms with Crippen molar-refractivity contribution in [2.45, 2.75) is 10.3 Å². The van der Waals surface area contributed by atoms with Crippen molar-refractivity contribution in [1.82, 2.24) is 9.88 Å². The number of nitrogens with zero attached hydrogens (tertiary/aromatic N) is 1. The molecule has 2 aliphatic heterocycles. The number of aromatic amines is 1. The lowest BCUT2D eigenvalue weighted by Gasteiger charge is -2.38. The summed E-state index contributed by atoms with van der Waals surface area (Å²) >= 11 is 1.09. The molecule has 3 aromatic rings. The normalized spacial score (nSPS) is 19.4. The van der Waals surface area contributed by atoms with Crippen molar-refractivity contribution >= 4 is 49.3 Å². The summed E-state index contributed by atoms with van der Waals surface area (Å²) in [6, 6.07) is 14.9. The lowest BCUT2D eigenvalue weighted by molar-refractivity contribution is -0.141. The number of hydrogen-bond acceptors (Lipinski definition) is 6. The number of para-hydroxylation sites is 1. The highest BCUT2D eigenvalue weighted by Gasteiger charge is 2.53. The highest BCUT2D eigenvalue weighted by atomic mass is 32.2. The zero-order chi connectivity index (χ0) is 22.6. The number of H-pyrrole nitrogens is 1. The zero-order valence-corrected chi connectivity index (χ0v) is 18.2. The number of nitrogens with one attached hydrogen (secondary N) is 1. The molecule has 3 heterocycles. The number of sulfone groups is 1. The van der Waals surface area contributed by atoms with Gasteiger partial charge >= 0.3 is 5.97 Å². The molecule has 1 saturated heterocycles. The summed E-state index contributed by atoms with van der Waals surface area (Å²) in [5.41, 5.74) is 0.878. The molecule has 0 radical (unpaired) electrons. The van der Waals surface area contributed by atoms with E-state index in [4.69, 9.17) is 4.74 Å². The molecular formula is C22H16N2O6S2. The number of carboxylic acids is 1. The van der Waals surface area contributed by atoms with Crippen LogP contribution >= 0.6 is 11.8 Å². The molecule has 0 saturated carbocycles. The molecule has 0 aliphatic carbocycles. The van der Waals surface area contributed by atoms with Gasteiger partial charge in [0.1, 0.15) is 21.7 Å². The van der Waals surface area contributed by atoms with Crippen LogP contribution in [0.5, 0.6) is 5.75 Å². The average Bonchev–Trinajstić information content (AvgIpc) is 3.39. The Bertz CT molecular complexity index is 1420. The van der Waals surface area contributed by atoms with E-state index in [0.29, 0.717) is 5.75 Å². The van der Waals surface area contributed by atoms with Gasteiger partial charge in [-0.1, -0.05) is 18.2 Å². The number of rotatable bonds is 5. The van der Waals surface area contributed by atoms with Crippen molar-refractivity contribution in [3.8, 4) is 5.75 Å². The predicted octanol–water partition coefficient (Wildman–Crippen LogP) is 3.20. The topological polar surface area (TPSA) is 117 Å². The maximum atomic E-state index is 13.8. The van der Waals surface area contributed by atoms with Crippen molar-refractivity contribution in [2.75, 3.05) is 7.11 Å². The van der Waals surface area contributed by atoms with Crippen LogP contribution in [-0.2, 0) is 19.4 Å². The molecule has 8 nitrogen and oxygen atoms in total. The minimum absolute atomic E-state index is 0.000111. The number of amides is 1. The first-order chi connectivity index (χ1) is 15.3. The van der Waals surface area contributed by atoms with Gasteiger partial charge in [0.25, 0.3) is 5.91 Å². The Hall–Kier alpha value is -3.50. The highest BCUT2D eigenvalue weighted by molar-refractivity contribution is 8.03. The third kappa shape index (κ3) is 2.94. The molecule has 10 heteroatoms. The van der Waals surface area contributed by atoms with E-state index in [1.807, 2.05) is 24.3 Å². The molecule has 0 bridgehead atoms. The van der Waals surface area contributed by atoms with Crippen LogP contribution in [0.3, 0.4) is 0 Å². The average molecular weight is 469 g/mol. The van der Waals surface area contributed by atoms with Crippen molar-refractivity contribution in [2.24, 2.45) is 0 Å². The van der Waals surface area contributed by atoms with Gasteiger partial charge in [-0.15, -0.1) is 11.8 Å². The largest absolute Gasteiger partial charge is 0.497 e. The molecule has 1 fully saturated rings. The van der Waals surface area contributed by atoms with Crippen LogP contribution in [0.4, 0.5) is 0 Å². The fourth-order valence-electron chi connectivity index (χ4n) is 3.82. The third-order valence-electron chi connectivity index (χ3n) is 5.38. The Balaban J connectivity index is 1.71. The molecular weight excluding hydrogens is 452 g/mol. The van der Waals surface area contributed by atoms with Crippen LogP contribution in [0.25, 0.3) is 15.8 Å². The van der Waals surface area contributed by atoms with Crippen LogP contribution in [0.2, 0.25) is 0 Å².